The zero-order chi connectivity index (χ0) is 60.6. The van der Waals surface area contributed by atoms with Gasteiger partial charge in [-0.1, -0.05) is 0 Å². The standard InChI is InChI=1S/C57H48Cl2N8O17/c58-45(47(72)35(60)9-11-37(66-54(62)63)27-13-21(50(75)76)15-33-43(27)52(79)83-56(33)29-5-1-23(68)17-39(29)81-40-18-24(69)2-6-30(40)56)49(74)46(59)48(73)36(61)10-12-38(67-55(64)65)28-14-22(51(77)78)16-34-44(28)53(80)84-57(34)31-7-3-25(70)19-41(31)82-42-20-26(71)4-8-32(42)57/h1-8,13-20,35-38,45-46,68-71H,9-12,60-61H2,(H,75,76)(H,77,78)(H4,62,63,66)(H4,64,65,67)/t35-,36-,37?,38?,45?,46?/m0/s1. The number of aromatic hydroxyl groups is 4. The highest BCUT2D eigenvalue weighted by atomic mass is 35.5. The number of carboxylic acid groups (broad SMARTS) is 2. The number of hydrogen-bond donors (Lipinski definition) is 12. The minimum Gasteiger partial charge on any atom is -0.508 e. The SMILES string of the molecule is NC(N)=NC(CC[C@H](N)C(=O)C(Cl)C(=O)C(Cl)C(=O)[C@@H](N)CCC(N=C(N)N)c1cc(C(=O)O)cc2c1C(=O)OC21c2ccc(O)cc2Oc2cc(O)ccc21)c1cc(C(=O)O)cc2c1C(=O)OC21c2ccc(O)cc2Oc2cc(O)ccc21. The molecule has 0 amide bonds. The third-order valence-electron chi connectivity index (χ3n) is 14.9. The molecule has 10 rings (SSSR count). The van der Waals surface area contributed by atoms with Crippen LogP contribution >= 0.6 is 23.2 Å². The van der Waals surface area contributed by atoms with Crippen molar-refractivity contribution in [3.63, 3.8) is 0 Å². The van der Waals surface area contributed by atoms with Gasteiger partial charge in [-0.05, 0) is 110 Å². The molecule has 0 bridgehead atoms. The first-order valence-corrected chi connectivity index (χ1v) is 26.2. The Morgan fingerprint density at radius 3 is 1.06 bits per heavy atom. The summed E-state index contributed by atoms with van der Waals surface area (Å²) in [6, 6.07) is 14.6. The average Bonchev–Trinajstić information content (AvgIpc) is 1.72. The number of ketones is 3. The van der Waals surface area contributed by atoms with Crippen molar-refractivity contribution in [2.45, 2.75) is 71.8 Å². The molecule has 0 fully saturated rings. The van der Waals surface area contributed by atoms with Crippen LogP contribution < -0.4 is 43.9 Å². The number of nitrogens with two attached hydrogens (primary N) is 6. The van der Waals surface area contributed by atoms with Gasteiger partial charge in [0.25, 0.3) is 0 Å². The number of Topliss-reactive ketones (excluding diaryl/α,β-unsaturated/α-hetero) is 3. The Hall–Kier alpha value is -9.95. The Labute approximate surface area is 483 Å². The summed E-state index contributed by atoms with van der Waals surface area (Å²) >= 11 is 12.8. The van der Waals surface area contributed by atoms with Gasteiger partial charge in [0, 0.05) is 57.6 Å². The van der Waals surface area contributed by atoms with Crippen LogP contribution in [0.4, 0.5) is 0 Å². The van der Waals surface area contributed by atoms with Crippen molar-refractivity contribution in [1.82, 2.24) is 0 Å². The molecule has 2 spiro atoms. The molecule has 4 aliphatic rings. The first kappa shape index (κ1) is 57.3. The van der Waals surface area contributed by atoms with Crippen molar-refractivity contribution in [3.05, 3.63) is 164 Å². The maximum Gasteiger partial charge on any atom is 0.340 e. The second-order valence-corrected chi connectivity index (χ2v) is 21.0. The number of hydrogen-bond acceptors (Lipinski definition) is 19. The summed E-state index contributed by atoms with van der Waals surface area (Å²) in [5.74, 6) is -10.5. The predicted molar refractivity (Wildman–Crippen MR) is 296 cm³/mol. The number of ether oxygens (including phenoxy) is 4. The van der Waals surface area contributed by atoms with E-state index in [1.807, 2.05) is 0 Å². The van der Waals surface area contributed by atoms with Crippen molar-refractivity contribution in [2.24, 2.45) is 44.4 Å². The largest absolute Gasteiger partial charge is 0.508 e. The van der Waals surface area contributed by atoms with Gasteiger partial charge in [0.1, 0.15) is 46.0 Å². The molecule has 0 radical (unpaired) electrons. The minimum absolute atomic E-state index is 0.00104. The normalized spacial score (nSPS) is 16.4. The number of halogens is 2. The first-order chi connectivity index (χ1) is 39.7. The second kappa shape index (κ2) is 21.4. The molecule has 6 aromatic carbocycles. The van der Waals surface area contributed by atoms with Gasteiger partial charge in [0.2, 0.25) is 0 Å². The highest BCUT2D eigenvalue weighted by Gasteiger charge is 2.57. The van der Waals surface area contributed by atoms with Crippen LogP contribution in [0.5, 0.6) is 46.0 Å². The molecule has 6 atom stereocenters. The lowest BCUT2D eigenvalue weighted by Gasteiger charge is -2.36. The number of benzene rings is 6. The number of aliphatic imine (C=N–C) groups is 2. The van der Waals surface area contributed by atoms with Gasteiger partial charge in [-0.15, -0.1) is 23.2 Å². The maximum atomic E-state index is 14.3. The number of carbonyl (C=O) groups excluding carboxylic acids is 5. The molecular weight excluding hydrogens is 1140 g/mol. The van der Waals surface area contributed by atoms with E-state index in [1.165, 1.54) is 84.9 Å². The fourth-order valence-corrected chi connectivity index (χ4v) is 11.8. The Bertz CT molecular complexity index is 3590. The Kier molecular flexibility index (Phi) is 14.6. The zero-order valence-corrected chi connectivity index (χ0v) is 44.8. The quantitative estimate of drug-likeness (QED) is 0.0185. The Balaban J connectivity index is 0.882. The van der Waals surface area contributed by atoms with Crippen LogP contribution in [0.25, 0.3) is 0 Å². The van der Waals surface area contributed by atoms with Gasteiger partial charge in [0.05, 0.1) is 46.4 Å². The van der Waals surface area contributed by atoms with Gasteiger partial charge in [-0.2, -0.15) is 0 Å². The highest BCUT2D eigenvalue weighted by Crippen LogP contribution is 2.60. The molecule has 25 nitrogen and oxygen atoms in total. The van der Waals surface area contributed by atoms with Crippen molar-refractivity contribution < 1.29 is 83.1 Å². The summed E-state index contributed by atoms with van der Waals surface area (Å²) in [6.45, 7) is 0. The smallest absolute Gasteiger partial charge is 0.340 e. The van der Waals surface area contributed by atoms with Gasteiger partial charge in [-0.3, -0.25) is 14.4 Å². The number of nitrogens with zero attached hydrogens (tertiary/aromatic N) is 2. The van der Waals surface area contributed by atoms with E-state index >= 15 is 0 Å². The molecule has 27 heteroatoms. The van der Waals surface area contributed by atoms with E-state index in [2.05, 4.69) is 9.98 Å². The third-order valence-corrected chi connectivity index (χ3v) is 15.7. The van der Waals surface area contributed by atoms with E-state index in [0.717, 1.165) is 12.1 Å². The molecule has 0 aliphatic carbocycles. The molecule has 0 aromatic heterocycles. The zero-order valence-electron chi connectivity index (χ0n) is 43.3. The third kappa shape index (κ3) is 9.66. The lowest BCUT2D eigenvalue weighted by molar-refractivity contribution is -0.130. The number of rotatable bonds is 18. The molecule has 4 aliphatic heterocycles. The highest BCUT2D eigenvalue weighted by molar-refractivity contribution is 6.52. The molecule has 0 saturated heterocycles. The average molecular weight is 1190 g/mol. The number of phenols is 4. The summed E-state index contributed by atoms with van der Waals surface area (Å²) in [5.41, 5.74) is 31.7. The van der Waals surface area contributed by atoms with Crippen LogP contribution in [0.3, 0.4) is 0 Å². The van der Waals surface area contributed by atoms with Gasteiger partial charge < -0.3 is 84.0 Å². The Morgan fingerprint density at radius 2 is 0.774 bits per heavy atom. The van der Waals surface area contributed by atoms with Crippen molar-refractivity contribution in [3.8, 4) is 46.0 Å². The van der Waals surface area contributed by atoms with E-state index in [9.17, 15) is 64.2 Å². The number of aromatic carboxylic acids is 2. The second-order valence-electron chi connectivity index (χ2n) is 20.1. The van der Waals surface area contributed by atoms with E-state index in [-0.39, 0.29) is 126 Å². The van der Waals surface area contributed by atoms with Crippen LogP contribution in [-0.2, 0) is 35.1 Å². The summed E-state index contributed by atoms with van der Waals surface area (Å²) in [5, 5.41) is 58.1. The molecular formula is C57H48Cl2N8O17. The number of phenolic OH excluding ortho intramolecular Hbond substituents is 4. The molecule has 4 heterocycles. The van der Waals surface area contributed by atoms with E-state index < -0.39 is 112 Å². The molecule has 18 N–H and O–H groups in total. The fraction of sp³-hybridized carbons (Fsp3) is 0.211. The Morgan fingerprint density at radius 1 is 0.464 bits per heavy atom. The topological polar surface area (TPSA) is 459 Å². The number of alkyl halides is 2. The number of fused-ring (bicyclic) bond motifs is 12. The van der Waals surface area contributed by atoms with Crippen molar-refractivity contribution >= 4 is 76.3 Å². The lowest BCUT2D eigenvalue weighted by Crippen LogP contribution is -2.47. The summed E-state index contributed by atoms with van der Waals surface area (Å²) < 4.78 is 24.4. The molecule has 0 saturated carbocycles. The van der Waals surface area contributed by atoms with Gasteiger partial charge in [-0.25, -0.2) is 29.2 Å². The lowest BCUT2D eigenvalue weighted by atomic mass is 9.75. The van der Waals surface area contributed by atoms with E-state index in [4.69, 9.17) is 76.6 Å². The number of esters is 2. The molecule has 4 unspecified atom stereocenters. The molecule has 84 heavy (non-hydrogen) atoms. The van der Waals surface area contributed by atoms with Crippen LogP contribution in [-0.4, -0.2) is 107 Å². The monoisotopic (exact) mass is 1190 g/mol. The van der Waals surface area contributed by atoms with E-state index in [1.54, 1.807) is 0 Å². The first-order valence-electron chi connectivity index (χ1n) is 25.3. The molecule has 6 aromatic rings. The number of carbonyl (C=O) groups is 7. The fourth-order valence-electron chi connectivity index (χ4n) is 11.2. The van der Waals surface area contributed by atoms with Crippen molar-refractivity contribution in [1.29, 1.82) is 0 Å². The van der Waals surface area contributed by atoms with Crippen LogP contribution in [0, 0.1) is 0 Å². The van der Waals surface area contributed by atoms with Crippen molar-refractivity contribution in [2.75, 3.05) is 0 Å². The summed E-state index contributed by atoms with van der Waals surface area (Å²) in [4.78, 5) is 104. The van der Waals surface area contributed by atoms with Crippen LogP contribution in [0.1, 0.15) is 124 Å². The molecule has 432 valence electrons. The van der Waals surface area contributed by atoms with E-state index in [0.29, 0.717) is 0 Å². The van der Waals surface area contributed by atoms with Crippen LogP contribution in [0.15, 0.2) is 107 Å². The number of guanidine groups is 2. The maximum absolute atomic E-state index is 14.3. The summed E-state index contributed by atoms with van der Waals surface area (Å²) in [7, 11) is 0. The minimum atomic E-state index is -2.16. The summed E-state index contributed by atoms with van der Waals surface area (Å²) in [6.07, 6.45) is -1.42. The van der Waals surface area contributed by atoms with Crippen LogP contribution in [0.2, 0.25) is 0 Å². The van der Waals surface area contributed by atoms with Gasteiger partial charge >= 0.3 is 23.9 Å². The predicted octanol–water partition coefficient (Wildman–Crippen LogP) is 4.51. The number of carboxylic acids is 2. The van der Waals surface area contributed by atoms with Gasteiger partial charge in [0.15, 0.2) is 51.2 Å².